The minimum Gasteiger partial charge on any atom is -0.463 e. The Hall–Kier alpha value is -2.03. The predicted octanol–water partition coefficient (Wildman–Crippen LogP) is 1.32. The van der Waals surface area contributed by atoms with E-state index in [4.69, 9.17) is 4.42 Å². The molecule has 1 saturated heterocycles. The van der Waals surface area contributed by atoms with Gasteiger partial charge in [0, 0.05) is 13.0 Å². The van der Waals surface area contributed by atoms with Crippen LogP contribution in [-0.4, -0.2) is 47.6 Å². The third-order valence-electron chi connectivity index (χ3n) is 3.83. The van der Waals surface area contributed by atoms with E-state index >= 15 is 0 Å². The minimum absolute atomic E-state index is 0.178. The van der Waals surface area contributed by atoms with Crippen LogP contribution in [0.2, 0.25) is 0 Å². The van der Waals surface area contributed by atoms with Crippen LogP contribution in [0.3, 0.4) is 0 Å². The average Bonchev–Trinajstić information content (AvgIpc) is 3.02. The lowest BCUT2D eigenvalue weighted by atomic mass is 10.0. The molecule has 2 heterocycles. The van der Waals surface area contributed by atoms with E-state index in [2.05, 4.69) is 5.32 Å². The van der Waals surface area contributed by atoms with Crippen LogP contribution < -0.4 is 5.32 Å². The molecule has 0 bridgehead atoms. The molecule has 24 heavy (non-hydrogen) atoms. The van der Waals surface area contributed by atoms with Crippen LogP contribution in [0, 0.1) is 12.8 Å². The number of halogens is 3. The second kappa shape index (κ2) is 6.46. The molecule has 134 valence electrons. The van der Waals surface area contributed by atoms with Crippen LogP contribution in [0.5, 0.6) is 0 Å². The Balaban J connectivity index is 1.90. The summed E-state index contributed by atoms with van der Waals surface area (Å²) in [6.45, 7) is 1.33. The second-order valence-electron chi connectivity index (χ2n) is 6.19. The summed E-state index contributed by atoms with van der Waals surface area (Å²) in [6, 6.07) is 3.24. The molecule has 0 spiro atoms. The molecule has 6 nitrogen and oxygen atoms in total. The van der Waals surface area contributed by atoms with Crippen LogP contribution in [0.15, 0.2) is 16.5 Å². The Kier molecular flexibility index (Phi) is 4.93. The Morgan fingerprint density at radius 3 is 2.67 bits per heavy atom. The van der Waals surface area contributed by atoms with E-state index in [9.17, 15) is 27.9 Å². The van der Waals surface area contributed by atoms with E-state index in [1.54, 1.807) is 19.1 Å². The number of carbonyl (C=O) groups is 2. The smallest absolute Gasteiger partial charge is 0.406 e. The lowest BCUT2D eigenvalue weighted by Crippen LogP contribution is -2.42. The molecule has 2 rings (SSSR count). The van der Waals surface area contributed by atoms with Crippen LogP contribution in [0.1, 0.15) is 24.9 Å². The Morgan fingerprint density at radius 2 is 2.12 bits per heavy atom. The van der Waals surface area contributed by atoms with Crippen molar-refractivity contribution in [2.75, 3.05) is 19.6 Å². The van der Waals surface area contributed by atoms with E-state index in [-0.39, 0.29) is 25.3 Å². The number of hydrogen-bond donors (Lipinski definition) is 2. The molecule has 0 aliphatic carbocycles. The molecule has 0 radical (unpaired) electrons. The number of likely N-dealkylation sites (tertiary alicyclic amines) is 1. The average molecular weight is 348 g/mol. The zero-order valence-corrected chi connectivity index (χ0v) is 13.3. The van der Waals surface area contributed by atoms with Crippen LogP contribution >= 0.6 is 0 Å². The molecule has 9 heteroatoms. The first kappa shape index (κ1) is 18.3. The Bertz CT molecular complexity index is 624. The van der Waals surface area contributed by atoms with Gasteiger partial charge in [0.25, 0.3) is 0 Å². The third kappa shape index (κ3) is 4.50. The fourth-order valence-corrected chi connectivity index (χ4v) is 2.53. The zero-order valence-electron chi connectivity index (χ0n) is 13.3. The number of alkyl halides is 3. The molecular formula is C15H19F3N2O4. The standard InChI is InChI=1S/C15H19F3N2O4/c1-9-3-4-11(24-9)14(2,23)7-19-13(22)10-5-12(21)20(6-10)8-15(16,17)18/h3-4,10,23H,5-8H2,1-2H3,(H,19,22). The predicted molar refractivity (Wildman–Crippen MR) is 76.8 cm³/mol. The lowest BCUT2D eigenvalue weighted by Gasteiger charge is -2.22. The van der Waals surface area contributed by atoms with Crippen molar-refractivity contribution in [1.82, 2.24) is 10.2 Å². The number of carbonyl (C=O) groups excluding carboxylic acids is 2. The van der Waals surface area contributed by atoms with Gasteiger partial charge in [-0.15, -0.1) is 0 Å². The molecule has 2 unspecified atom stereocenters. The number of nitrogens with zero attached hydrogens (tertiary/aromatic N) is 1. The summed E-state index contributed by atoms with van der Waals surface area (Å²) in [5, 5.41) is 12.8. The normalized spacial score (nSPS) is 21.0. The second-order valence-corrected chi connectivity index (χ2v) is 6.19. The van der Waals surface area contributed by atoms with Crippen molar-refractivity contribution in [3.8, 4) is 0 Å². The van der Waals surface area contributed by atoms with Crippen molar-refractivity contribution in [3.05, 3.63) is 23.7 Å². The fraction of sp³-hybridized carbons (Fsp3) is 0.600. The fourth-order valence-electron chi connectivity index (χ4n) is 2.53. The minimum atomic E-state index is -4.50. The summed E-state index contributed by atoms with van der Waals surface area (Å²) >= 11 is 0. The van der Waals surface area contributed by atoms with Crippen LogP contribution in [-0.2, 0) is 15.2 Å². The SMILES string of the molecule is Cc1ccc(C(C)(O)CNC(=O)C2CC(=O)N(CC(F)(F)F)C2)o1. The highest BCUT2D eigenvalue weighted by atomic mass is 19.4. The maximum atomic E-state index is 12.4. The number of aryl methyl sites for hydroxylation is 1. The molecule has 0 aromatic carbocycles. The van der Waals surface area contributed by atoms with Gasteiger partial charge in [-0.05, 0) is 26.0 Å². The Labute approximate surface area is 136 Å². The summed E-state index contributed by atoms with van der Waals surface area (Å²) in [4.78, 5) is 24.3. The van der Waals surface area contributed by atoms with E-state index in [1.807, 2.05) is 0 Å². The highest BCUT2D eigenvalue weighted by Crippen LogP contribution is 2.25. The van der Waals surface area contributed by atoms with Crippen molar-refractivity contribution in [1.29, 1.82) is 0 Å². The number of rotatable bonds is 5. The van der Waals surface area contributed by atoms with E-state index in [1.165, 1.54) is 6.92 Å². The van der Waals surface area contributed by atoms with Gasteiger partial charge in [-0.1, -0.05) is 0 Å². The molecule has 1 aromatic rings. The van der Waals surface area contributed by atoms with Gasteiger partial charge in [-0.25, -0.2) is 0 Å². The molecule has 2 atom stereocenters. The highest BCUT2D eigenvalue weighted by molar-refractivity contribution is 5.89. The zero-order chi connectivity index (χ0) is 18.1. The number of aliphatic hydroxyl groups is 1. The van der Waals surface area contributed by atoms with Gasteiger partial charge >= 0.3 is 6.18 Å². The topological polar surface area (TPSA) is 82.8 Å². The van der Waals surface area contributed by atoms with E-state index < -0.39 is 36.1 Å². The van der Waals surface area contributed by atoms with Gasteiger partial charge in [0.15, 0.2) is 0 Å². The first-order valence-electron chi connectivity index (χ1n) is 7.39. The summed E-state index contributed by atoms with van der Waals surface area (Å²) in [5.41, 5.74) is -1.46. The van der Waals surface area contributed by atoms with Gasteiger partial charge < -0.3 is 19.7 Å². The van der Waals surface area contributed by atoms with Crippen molar-refractivity contribution in [2.24, 2.45) is 5.92 Å². The number of furan rings is 1. The maximum absolute atomic E-state index is 12.4. The third-order valence-corrected chi connectivity index (χ3v) is 3.83. The van der Waals surface area contributed by atoms with Gasteiger partial charge in [0.1, 0.15) is 23.7 Å². The van der Waals surface area contributed by atoms with E-state index in [0.717, 1.165) is 0 Å². The number of nitrogens with one attached hydrogen (secondary N) is 1. The largest absolute Gasteiger partial charge is 0.463 e. The van der Waals surface area contributed by atoms with Gasteiger partial charge in [-0.3, -0.25) is 9.59 Å². The number of hydrogen-bond acceptors (Lipinski definition) is 4. The van der Waals surface area contributed by atoms with Crippen molar-refractivity contribution in [3.63, 3.8) is 0 Å². The van der Waals surface area contributed by atoms with Crippen molar-refractivity contribution < 1.29 is 32.3 Å². The summed E-state index contributed by atoms with van der Waals surface area (Å²) in [5.74, 6) is -1.28. The maximum Gasteiger partial charge on any atom is 0.406 e. The van der Waals surface area contributed by atoms with Gasteiger partial charge in [-0.2, -0.15) is 13.2 Å². The first-order valence-corrected chi connectivity index (χ1v) is 7.39. The van der Waals surface area contributed by atoms with Crippen molar-refractivity contribution >= 4 is 11.8 Å². The molecule has 0 saturated carbocycles. The van der Waals surface area contributed by atoms with Gasteiger partial charge in [0.2, 0.25) is 11.8 Å². The van der Waals surface area contributed by atoms with Gasteiger partial charge in [0.05, 0.1) is 12.5 Å². The molecule has 1 aliphatic rings. The van der Waals surface area contributed by atoms with E-state index in [0.29, 0.717) is 10.7 Å². The Morgan fingerprint density at radius 1 is 1.46 bits per heavy atom. The molecule has 2 amide bonds. The molecule has 1 aromatic heterocycles. The van der Waals surface area contributed by atoms with Crippen molar-refractivity contribution in [2.45, 2.75) is 32.0 Å². The molecule has 1 fully saturated rings. The molecule has 2 N–H and O–H groups in total. The quantitative estimate of drug-likeness (QED) is 0.841. The summed E-state index contributed by atoms with van der Waals surface area (Å²) in [7, 11) is 0. The molecular weight excluding hydrogens is 329 g/mol. The number of amides is 2. The summed E-state index contributed by atoms with van der Waals surface area (Å²) < 4.78 is 42.4. The van der Waals surface area contributed by atoms with Crippen LogP contribution in [0.25, 0.3) is 0 Å². The first-order chi connectivity index (χ1) is 11.0. The summed E-state index contributed by atoms with van der Waals surface area (Å²) in [6.07, 6.45) is -4.77. The lowest BCUT2D eigenvalue weighted by molar-refractivity contribution is -0.157. The van der Waals surface area contributed by atoms with Crippen LogP contribution in [0.4, 0.5) is 13.2 Å². The highest BCUT2D eigenvalue weighted by Gasteiger charge is 2.41. The molecule has 1 aliphatic heterocycles. The monoisotopic (exact) mass is 348 g/mol.